The Kier molecular flexibility index (Phi) is 7.69. The molecule has 2 heterocycles. The van der Waals surface area contributed by atoms with Crippen molar-refractivity contribution < 1.29 is 9.59 Å². The lowest BCUT2D eigenvalue weighted by atomic mass is 10.00. The highest BCUT2D eigenvalue weighted by atomic mass is 35.5. The van der Waals surface area contributed by atoms with Gasteiger partial charge in [-0.1, -0.05) is 6.92 Å². The van der Waals surface area contributed by atoms with E-state index in [0.29, 0.717) is 18.2 Å². The molecule has 2 atom stereocenters. The number of carbonyl (C=O) groups excluding carboxylic acids is 2. The first-order chi connectivity index (χ1) is 9.22. The van der Waals surface area contributed by atoms with Crippen LogP contribution < -0.4 is 10.6 Å². The molecular weight excluding hydrogens is 298 g/mol. The Hall–Kier alpha value is -0.460. The molecular formula is C13H24ClN3O2S. The Balaban J connectivity index is 0.00000200. The van der Waals surface area contributed by atoms with Gasteiger partial charge in [0.1, 0.15) is 6.04 Å². The van der Waals surface area contributed by atoms with E-state index in [1.54, 1.807) is 16.7 Å². The molecule has 0 aromatic rings. The maximum absolute atomic E-state index is 12.2. The second-order valence-electron chi connectivity index (χ2n) is 5.19. The quantitative estimate of drug-likeness (QED) is 0.805. The van der Waals surface area contributed by atoms with E-state index in [1.807, 2.05) is 6.92 Å². The van der Waals surface area contributed by atoms with E-state index >= 15 is 0 Å². The molecule has 0 radical (unpaired) electrons. The minimum Gasteiger partial charge on any atom is -0.354 e. The molecule has 5 nitrogen and oxygen atoms in total. The van der Waals surface area contributed by atoms with Crippen molar-refractivity contribution in [1.82, 2.24) is 15.5 Å². The topological polar surface area (TPSA) is 61.4 Å². The third-order valence-corrected chi connectivity index (χ3v) is 4.78. The Labute approximate surface area is 131 Å². The third kappa shape index (κ3) is 4.53. The second kappa shape index (κ2) is 8.74. The summed E-state index contributed by atoms with van der Waals surface area (Å²) in [4.78, 5) is 25.6. The highest BCUT2D eigenvalue weighted by Gasteiger charge is 2.33. The summed E-state index contributed by atoms with van der Waals surface area (Å²) >= 11 is 1.66. The molecule has 0 bridgehead atoms. The van der Waals surface area contributed by atoms with E-state index in [9.17, 15) is 9.59 Å². The Morgan fingerprint density at radius 3 is 2.90 bits per heavy atom. The van der Waals surface area contributed by atoms with Gasteiger partial charge in [-0.3, -0.25) is 9.59 Å². The Morgan fingerprint density at radius 1 is 1.45 bits per heavy atom. The van der Waals surface area contributed by atoms with Crippen LogP contribution in [-0.4, -0.2) is 54.0 Å². The zero-order chi connectivity index (χ0) is 13.7. The average molecular weight is 322 g/mol. The summed E-state index contributed by atoms with van der Waals surface area (Å²) in [5.41, 5.74) is 0. The predicted molar refractivity (Wildman–Crippen MR) is 84.1 cm³/mol. The molecule has 20 heavy (non-hydrogen) atoms. The van der Waals surface area contributed by atoms with E-state index in [-0.39, 0.29) is 30.3 Å². The van der Waals surface area contributed by atoms with E-state index in [0.717, 1.165) is 25.4 Å². The summed E-state index contributed by atoms with van der Waals surface area (Å²) in [5.74, 6) is 1.99. The van der Waals surface area contributed by atoms with Crippen LogP contribution in [0.5, 0.6) is 0 Å². The van der Waals surface area contributed by atoms with Crippen LogP contribution in [0.3, 0.4) is 0 Å². The van der Waals surface area contributed by atoms with Crippen molar-refractivity contribution in [1.29, 1.82) is 0 Å². The van der Waals surface area contributed by atoms with Crippen LogP contribution in [0.2, 0.25) is 0 Å². The first-order valence-corrected chi connectivity index (χ1v) is 8.23. The average Bonchev–Trinajstić information content (AvgIpc) is 2.94. The Morgan fingerprint density at radius 2 is 2.25 bits per heavy atom. The smallest absolute Gasteiger partial charge is 0.243 e. The number of rotatable bonds is 4. The molecule has 116 valence electrons. The highest BCUT2D eigenvalue weighted by Crippen LogP contribution is 2.21. The van der Waals surface area contributed by atoms with Crippen molar-refractivity contribution >= 4 is 36.0 Å². The normalized spacial score (nSPS) is 25.9. The van der Waals surface area contributed by atoms with Gasteiger partial charge in [0.15, 0.2) is 0 Å². The predicted octanol–water partition coefficient (Wildman–Crippen LogP) is 0.835. The van der Waals surface area contributed by atoms with Crippen molar-refractivity contribution in [2.45, 2.75) is 32.2 Å². The molecule has 0 saturated carbocycles. The van der Waals surface area contributed by atoms with Gasteiger partial charge in [0.25, 0.3) is 0 Å². The molecule has 0 aromatic carbocycles. The van der Waals surface area contributed by atoms with Crippen molar-refractivity contribution in [2.75, 3.05) is 31.3 Å². The van der Waals surface area contributed by atoms with Gasteiger partial charge in [-0.15, -0.1) is 24.2 Å². The molecule has 2 fully saturated rings. The summed E-state index contributed by atoms with van der Waals surface area (Å²) < 4.78 is 0. The lowest BCUT2D eigenvalue weighted by Gasteiger charge is -2.26. The van der Waals surface area contributed by atoms with Crippen LogP contribution in [0.15, 0.2) is 0 Å². The number of thioether (sulfide) groups is 1. The minimum atomic E-state index is -0.269. The molecule has 7 heteroatoms. The van der Waals surface area contributed by atoms with Crippen molar-refractivity contribution in [3.63, 3.8) is 0 Å². The zero-order valence-electron chi connectivity index (χ0n) is 11.9. The van der Waals surface area contributed by atoms with E-state index in [2.05, 4.69) is 10.6 Å². The number of hydrogen-bond acceptors (Lipinski definition) is 4. The van der Waals surface area contributed by atoms with Gasteiger partial charge in [0.05, 0.1) is 5.88 Å². The van der Waals surface area contributed by atoms with Gasteiger partial charge in [0, 0.05) is 18.7 Å². The van der Waals surface area contributed by atoms with Gasteiger partial charge in [-0.2, -0.15) is 0 Å². The maximum Gasteiger partial charge on any atom is 0.243 e. The van der Waals surface area contributed by atoms with E-state index < -0.39 is 0 Å². The summed E-state index contributed by atoms with van der Waals surface area (Å²) in [6.45, 7) is 4.63. The fraction of sp³-hybridized carbons (Fsp3) is 0.846. The van der Waals surface area contributed by atoms with Crippen LogP contribution in [0.4, 0.5) is 0 Å². The largest absolute Gasteiger partial charge is 0.354 e. The highest BCUT2D eigenvalue weighted by molar-refractivity contribution is 7.99. The second-order valence-corrected chi connectivity index (χ2v) is 6.19. The number of nitrogens with one attached hydrogen (secondary N) is 2. The van der Waals surface area contributed by atoms with Crippen molar-refractivity contribution in [3.05, 3.63) is 0 Å². The molecule has 2 saturated heterocycles. The molecule has 2 aliphatic heterocycles. The summed E-state index contributed by atoms with van der Waals surface area (Å²) in [6.07, 6.45) is 2.82. The first-order valence-electron chi connectivity index (χ1n) is 7.08. The number of amides is 2. The van der Waals surface area contributed by atoms with Crippen LogP contribution in [0.25, 0.3) is 0 Å². The number of carbonyl (C=O) groups is 2. The number of piperidine rings is 1. The van der Waals surface area contributed by atoms with Crippen LogP contribution in [0, 0.1) is 5.92 Å². The standard InChI is InChI=1S/C13H23N3O2S.ClH/c1-2-12(17)16-9-19-8-11(16)13(18)15-7-10-4-3-5-14-6-10;/h10-11,14H,2-9H2,1H3,(H,15,18);1H. The lowest BCUT2D eigenvalue weighted by Crippen LogP contribution is -2.49. The summed E-state index contributed by atoms with van der Waals surface area (Å²) in [6, 6.07) is -0.269. The molecule has 2 unspecified atom stereocenters. The van der Waals surface area contributed by atoms with E-state index in [1.165, 1.54) is 12.8 Å². The summed E-state index contributed by atoms with van der Waals surface area (Å²) in [5, 5.41) is 6.36. The van der Waals surface area contributed by atoms with Gasteiger partial charge in [-0.05, 0) is 31.8 Å². The lowest BCUT2D eigenvalue weighted by molar-refractivity contribution is -0.137. The summed E-state index contributed by atoms with van der Waals surface area (Å²) in [7, 11) is 0. The molecule has 0 aliphatic carbocycles. The SMILES string of the molecule is CCC(=O)N1CSCC1C(=O)NCC1CCCNC1.Cl. The van der Waals surface area contributed by atoms with Gasteiger partial charge < -0.3 is 15.5 Å². The number of nitrogens with zero attached hydrogens (tertiary/aromatic N) is 1. The molecule has 0 spiro atoms. The molecule has 0 aromatic heterocycles. The van der Waals surface area contributed by atoms with Crippen molar-refractivity contribution in [3.8, 4) is 0 Å². The van der Waals surface area contributed by atoms with Gasteiger partial charge >= 0.3 is 0 Å². The number of halogens is 1. The third-order valence-electron chi connectivity index (χ3n) is 3.77. The fourth-order valence-corrected chi connectivity index (χ4v) is 3.75. The monoisotopic (exact) mass is 321 g/mol. The Bertz CT molecular complexity index is 338. The number of hydrogen-bond donors (Lipinski definition) is 2. The van der Waals surface area contributed by atoms with Gasteiger partial charge in [0.2, 0.25) is 11.8 Å². The fourth-order valence-electron chi connectivity index (χ4n) is 2.57. The van der Waals surface area contributed by atoms with Crippen LogP contribution >= 0.6 is 24.2 Å². The van der Waals surface area contributed by atoms with E-state index in [4.69, 9.17) is 0 Å². The minimum absolute atomic E-state index is 0. The molecule has 2 rings (SSSR count). The van der Waals surface area contributed by atoms with Crippen LogP contribution in [-0.2, 0) is 9.59 Å². The molecule has 2 aliphatic rings. The first kappa shape index (κ1) is 17.6. The van der Waals surface area contributed by atoms with Gasteiger partial charge in [-0.25, -0.2) is 0 Å². The maximum atomic E-state index is 12.2. The zero-order valence-corrected chi connectivity index (χ0v) is 13.5. The molecule has 2 N–H and O–H groups in total. The van der Waals surface area contributed by atoms with Crippen LogP contribution in [0.1, 0.15) is 26.2 Å². The van der Waals surface area contributed by atoms with Crippen molar-refractivity contribution in [2.24, 2.45) is 5.92 Å². The molecule has 2 amide bonds.